The van der Waals surface area contributed by atoms with Crippen LogP contribution in [0.2, 0.25) is 0 Å². The second kappa shape index (κ2) is 11.6. The largest absolute Gasteiger partial charge is 0.462 e. The summed E-state index contributed by atoms with van der Waals surface area (Å²) in [5, 5.41) is 11.5. The Morgan fingerprint density at radius 1 is 1.16 bits per heavy atom. The van der Waals surface area contributed by atoms with Crippen LogP contribution in [0.1, 0.15) is 44.4 Å². The fraction of sp³-hybridized carbons (Fsp3) is 0.393. The van der Waals surface area contributed by atoms with Gasteiger partial charge in [-0.1, -0.05) is 42.5 Å². The first kappa shape index (κ1) is 27.0. The molecule has 0 fully saturated rings. The molecule has 0 saturated heterocycles. The van der Waals surface area contributed by atoms with Crippen molar-refractivity contribution in [3.05, 3.63) is 92.3 Å². The number of non-ortho nitro benzene ring substituents is 1. The van der Waals surface area contributed by atoms with Crippen LogP contribution in [0.25, 0.3) is 0 Å². The topological polar surface area (TPSA) is 112 Å². The number of nitro benzene ring substituents is 1. The first-order valence-corrected chi connectivity index (χ1v) is 12.7. The highest BCUT2D eigenvalue weighted by Gasteiger charge is 2.41. The van der Waals surface area contributed by atoms with Crippen LogP contribution in [-0.2, 0) is 22.6 Å². The van der Waals surface area contributed by atoms with Crippen LogP contribution >= 0.6 is 0 Å². The number of aromatic nitrogens is 2. The first-order valence-electron chi connectivity index (χ1n) is 12.7. The number of nitro groups is 1. The quantitative estimate of drug-likeness (QED) is 0.224. The Hall–Kier alpha value is -4.05. The van der Waals surface area contributed by atoms with E-state index in [1.165, 1.54) is 23.8 Å². The maximum absolute atomic E-state index is 13.3. The van der Waals surface area contributed by atoms with Crippen molar-refractivity contribution in [2.75, 3.05) is 13.6 Å². The van der Waals surface area contributed by atoms with Crippen molar-refractivity contribution in [1.29, 1.82) is 0 Å². The third kappa shape index (κ3) is 5.91. The summed E-state index contributed by atoms with van der Waals surface area (Å²) in [6.07, 6.45) is 0.326. The molecule has 0 radical (unpaired) electrons. The summed E-state index contributed by atoms with van der Waals surface area (Å²) in [7, 11) is 2.03. The van der Waals surface area contributed by atoms with Crippen molar-refractivity contribution in [1.82, 2.24) is 14.3 Å². The molecule has 10 heteroatoms. The number of carbonyl (C=O) groups excluding carboxylic acids is 1. The predicted octanol–water partition coefficient (Wildman–Crippen LogP) is 4.34. The smallest absolute Gasteiger partial charge is 0.317 e. The molecule has 38 heavy (non-hydrogen) atoms. The van der Waals surface area contributed by atoms with Crippen LogP contribution < -0.4 is 5.56 Å². The van der Waals surface area contributed by atoms with Crippen molar-refractivity contribution in [2.24, 2.45) is 10.9 Å². The number of nitrogens with zero attached hydrogens (tertiary/aromatic N) is 5. The van der Waals surface area contributed by atoms with Gasteiger partial charge in [-0.05, 0) is 51.9 Å². The number of hydrogen-bond donors (Lipinski definition) is 0. The van der Waals surface area contributed by atoms with E-state index in [0.29, 0.717) is 30.1 Å². The summed E-state index contributed by atoms with van der Waals surface area (Å²) >= 11 is 0. The maximum atomic E-state index is 13.3. The monoisotopic (exact) mass is 519 g/mol. The summed E-state index contributed by atoms with van der Waals surface area (Å²) in [6, 6.07) is 17.0. The predicted molar refractivity (Wildman–Crippen MR) is 145 cm³/mol. The van der Waals surface area contributed by atoms with E-state index in [1.807, 2.05) is 25.2 Å². The minimum atomic E-state index is -0.842. The Balaban J connectivity index is 1.68. The molecular weight excluding hydrogens is 486 g/mol. The lowest BCUT2D eigenvalue weighted by atomic mass is 9.88. The first-order chi connectivity index (χ1) is 18.2. The van der Waals surface area contributed by atoms with Crippen molar-refractivity contribution in [2.45, 2.75) is 52.4 Å². The van der Waals surface area contributed by atoms with Crippen LogP contribution in [0.15, 0.2) is 70.5 Å². The number of benzene rings is 2. The molecule has 10 nitrogen and oxygen atoms in total. The molecule has 4 rings (SSSR count). The number of carbonyl (C=O) groups is 1. The number of aliphatic imine (C=N–C) groups is 1. The lowest BCUT2D eigenvalue weighted by molar-refractivity contribution is -0.384. The zero-order valence-electron chi connectivity index (χ0n) is 22.1. The summed E-state index contributed by atoms with van der Waals surface area (Å²) in [5.41, 5.74) is 1.89. The van der Waals surface area contributed by atoms with E-state index in [9.17, 15) is 19.7 Å². The standard InChI is InChI=1S/C28H33N5O5/c1-19(2)38-28(35)26-20(3)29-24-17-25(34)31(15-9-14-30(4)18-21-10-6-5-7-11-21)32(24)27(26)22-12-8-13-23(16-22)33(36)37/h5-8,10-13,16-17,19,26-27H,9,14-15,18H2,1-4H3. The van der Waals surface area contributed by atoms with Crippen molar-refractivity contribution < 1.29 is 14.5 Å². The van der Waals surface area contributed by atoms with Crippen molar-refractivity contribution in [3.8, 4) is 0 Å². The van der Waals surface area contributed by atoms with Crippen LogP contribution in [-0.4, -0.2) is 50.6 Å². The molecule has 0 aliphatic carbocycles. The molecular formula is C28H33N5O5. The van der Waals surface area contributed by atoms with Crippen molar-refractivity contribution in [3.63, 3.8) is 0 Å². The van der Waals surface area contributed by atoms with Gasteiger partial charge in [0.2, 0.25) is 0 Å². The summed E-state index contributed by atoms with van der Waals surface area (Å²) < 4.78 is 8.85. The third-order valence-electron chi connectivity index (χ3n) is 6.56. The molecule has 200 valence electrons. The normalized spacial score (nSPS) is 16.8. The van der Waals surface area contributed by atoms with E-state index in [2.05, 4.69) is 22.0 Å². The third-order valence-corrected chi connectivity index (χ3v) is 6.56. The maximum Gasteiger partial charge on any atom is 0.317 e. The molecule has 1 aromatic heterocycles. The van der Waals surface area contributed by atoms with E-state index in [4.69, 9.17) is 4.74 Å². The van der Waals surface area contributed by atoms with Crippen LogP contribution in [0.3, 0.4) is 0 Å². The molecule has 2 atom stereocenters. The fourth-order valence-corrected chi connectivity index (χ4v) is 4.92. The van der Waals surface area contributed by atoms with Gasteiger partial charge >= 0.3 is 5.97 Å². The van der Waals surface area contributed by atoms with Gasteiger partial charge in [0.25, 0.3) is 11.2 Å². The highest BCUT2D eigenvalue weighted by molar-refractivity contribution is 6.03. The summed E-state index contributed by atoms with van der Waals surface area (Å²) in [4.78, 5) is 44.2. The zero-order valence-corrected chi connectivity index (χ0v) is 22.1. The molecule has 2 unspecified atom stereocenters. The Bertz CT molecular complexity index is 1390. The molecule has 1 aliphatic rings. The molecule has 3 aromatic rings. The number of rotatable bonds is 10. The molecule has 0 bridgehead atoms. The number of hydrogen-bond acceptors (Lipinski definition) is 7. The number of ether oxygens (including phenoxy) is 1. The minimum Gasteiger partial charge on any atom is -0.462 e. The number of fused-ring (bicyclic) bond motifs is 1. The highest BCUT2D eigenvalue weighted by atomic mass is 16.6. The molecule has 0 spiro atoms. The SMILES string of the molecule is CC1=Nc2cc(=O)n(CCCN(C)Cc3ccccc3)n2C(c2cccc([N+](=O)[O-])c2)C1C(=O)OC(C)C. The summed E-state index contributed by atoms with van der Waals surface area (Å²) in [5.74, 6) is -0.917. The van der Waals surface area contributed by atoms with E-state index in [1.54, 1.807) is 42.3 Å². The minimum absolute atomic E-state index is 0.0937. The second-order valence-electron chi connectivity index (χ2n) is 9.90. The lowest BCUT2D eigenvalue weighted by Gasteiger charge is -2.33. The second-order valence-corrected chi connectivity index (χ2v) is 9.90. The van der Waals surface area contributed by atoms with Gasteiger partial charge in [-0.3, -0.25) is 24.4 Å². The molecule has 0 amide bonds. The number of esters is 1. The zero-order chi connectivity index (χ0) is 27.4. The van der Waals surface area contributed by atoms with Crippen molar-refractivity contribution >= 4 is 23.2 Å². The Labute approximate surface area is 221 Å². The van der Waals surface area contributed by atoms with E-state index in [0.717, 1.165) is 13.1 Å². The van der Waals surface area contributed by atoms with E-state index in [-0.39, 0.29) is 17.4 Å². The molecule has 0 saturated carbocycles. The molecule has 0 N–H and O–H groups in total. The van der Waals surface area contributed by atoms with Gasteiger partial charge in [-0.2, -0.15) is 0 Å². The van der Waals surface area contributed by atoms with Gasteiger partial charge in [0.1, 0.15) is 5.92 Å². The van der Waals surface area contributed by atoms with Gasteiger partial charge in [0.05, 0.1) is 17.1 Å². The van der Waals surface area contributed by atoms with Gasteiger partial charge in [0, 0.05) is 37.0 Å². The average molecular weight is 520 g/mol. The average Bonchev–Trinajstić information content (AvgIpc) is 3.17. The molecule has 1 aliphatic heterocycles. The van der Waals surface area contributed by atoms with E-state index >= 15 is 0 Å². The Morgan fingerprint density at radius 2 is 1.89 bits per heavy atom. The van der Waals surface area contributed by atoms with Gasteiger partial charge < -0.3 is 9.64 Å². The molecule has 2 aromatic carbocycles. The lowest BCUT2D eigenvalue weighted by Crippen LogP contribution is -2.40. The Morgan fingerprint density at radius 3 is 2.58 bits per heavy atom. The van der Waals surface area contributed by atoms with Crippen LogP contribution in [0, 0.1) is 16.0 Å². The van der Waals surface area contributed by atoms with Gasteiger partial charge in [-0.25, -0.2) is 9.67 Å². The van der Waals surface area contributed by atoms with Gasteiger partial charge in [0.15, 0.2) is 5.82 Å². The molecule has 2 heterocycles. The van der Waals surface area contributed by atoms with E-state index < -0.39 is 22.9 Å². The van der Waals surface area contributed by atoms with Gasteiger partial charge in [-0.15, -0.1) is 0 Å². The fourth-order valence-electron chi connectivity index (χ4n) is 4.92. The highest BCUT2D eigenvalue weighted by Crippen LogP contribution is 2.38. The summed E-state index contributed by atoms with van der Waals surface area (Å²) in [6.45, 7) is 7.16. The Kier molecular flexibility index (Phi) is 8.21. The van der Waals surface area contributed by atoms with Crippen LogP contribution in [0.4, 0.5) is 11.5 Å². The van der Waals surface area contributed by atoms with Crippen LogP contribution in [0.5, 0.6) is 0 Å².